The van der Waals surface area contributed by atoms with Crippen LogP contribution in [0.1, 0.15) is 0 Å². The molecule has 2 nitrogen and oxygen atoms in total. The molecule has 0 heterocycles. The van der Waals surface area contributed by atoms with Crippen molar-refractivity contribution in [3.63, 3.8) is 0 Å². The van der Waals surface area contributed by atoms with Gasteiger partial charge in [0.05, 0.1) is 5.82 Å². The molecule has 0 rings (SSSR count). The van der Waals surface area contributed by atoms with Crippen molar-refractivity contribution in [2.24, 2.45) is 5.73 Å². The van der Waals surface area contributed by atoms with Crippen LogP contribution in [0.25, 0.3) is 0 Å². The maximum atomic E-state index is 4.99. The zero-order valence-electron chi connectivity index (χ0n) is 4.87. The second-order valence-electron chi connectivity index (χ2n) is 0.967. The summed E-state index contributed by atoms with van der Waals surface area (Å²) in [5.41, 5.74) is 4.99. The van der Waals surface area contributed by atoms with Gasteiger partial charge in [0, 0.05) is 7.05 Å². The van der Waals surface area contributed by atoms with Crippen LogP contribution >= 0.6 is 59.9 Å². The first-order valence-electron chi connectivity index (χ1n) is 1.90. The monoisotopic (exact) mass is 504 g/mol. The van der Waals surface area contributed by atoms with E-state index in [2.05, 4.69) is 71.8 Å². The molecule has 0 aromatic carbocycles. The van der Waals surface area contributed by atoms with E-state index in [-0.39, 0.29) is 4.92 Å². The second-order valence-corrected chi connectivity index (χ2v) is 36.3. The zero-order chi connectivity index (χ0) is 7.86. The Hall–Kier alpha value is 2.11. The van der Waals surface area contributed by atoms with Crippen molar-refractivity contribution in [2.45, 2.75) is 0 Å². The molecule has 0 saturated carbocycles. The first kappa shape index (κ1) is 13.7. The zero-order valence-corrected chi connectivity index (χ0v) is 12.7. The van der Waals surface area contributed by atoms with Crippen molar-refractivity contribution in [2.75, 3.05) is 7.05 Å². The average molecular weight is 504 g/mol. The van der Waals surface area contributed by atoms with E-state index in [1.54, 1.807) is 7.05 Å². The Morgan fingerprint density at radius 1 is 1.56 bits per heavy atom. The SMILES string of the molecule is C=C(N)NC.[I][V]([I])[I]. The van der Waals surface area contributed by atoms with Crippen LogP contribution in [0.3, 0.4) is 0 Å². The van der Waals surface area contributed by atoms with Gasteiger partial charge in [-0.3, -0.25) is 0 Å². The average Bonchev–Trinajstić information content (AvgIpc) is 1.65. The Morgan fingerprint density at radius 2 is 1.67 bits per heavy atom. The number of nitrogens with one attached hydrogen (secondary N) is 1. The van der Waals surface area contributed by atoms with Crippen molar-refractivity contribution in [1.82, 2.24) is 5.32 Å². The van der Waals surface area contributed by atoms with Gasteiger partial charge in [0.15, 0.2) is 0 Å². The second kappa shape index (κ2) is 10.1. The Bertz CT molecular complexity index is 74.7. The Morgan fingerprint density at radius 3 is 1.67 bits per heavy atom. The summed E-state index contributed by atoms with van der Waals surface area (Å²) in [5.74, 6) is 0.505. The van der Waals surface area contributed by atoms with E-state index in [9.17, 15) is 0 Å². The first-order chi connectivity index (χ1) is 4.00. The minimum absolute atomic E-state index is 0.278. The van der Waals surface area contributed by atoms with E-state index < -0.39 is 0 Å². The molecule has 3 N–H and O–H groups in total. The topological polar surface area (TPSA) is 38.0 Å². The van der Waals surface area contributed by atoms with Crippen molar-refractivity contribution >= 4 is 59.9 Å². The summed E-state index contributed by atoms with van der Waals surface area (Å²) in [6.07, 6.45) is 0. The van der Waals surface area contributed by atoms with Gasteiger partial charge in [-0.1, -0.05) is 6.58 Å². The van der Waals surface area contributed by atoms with Crippen LogP contribution in [0.5, 0.6) is 0 Å². The fourth-order valence-corrected chi connectivity index (χ4v) is 0. The number of hydrogen-bond donors (Lipinski definition) is 2. The molecule has 0 aromatic heterocycles. The minimum atomic E-state index is -0.278. The normalized spacial score (nSPS) is 7.67. The fourth-order valence-electron chi connectivity index (χ4n) is 0. The molecular weight excluding hydrogens is 496 g/mol. The van der Waals surface area contributed by atoms with E-state index in [1.807, 2.05) is 0 Å². The fraction of sp³-hybridized carbons (Fsp3) is 0.333. The first-order valence-corrected chi connectivity index (χ1v) is 15.4. The van der Waals surface area contributed by atoms with Gasteiger partial charge in [0.2, 0.25) is 0 Å². The molecule has 0 aliphatic rings. The molecule has 0 amide bonds. The molecule has 0 unspecified atom stereocenters. The maximum absolute atomic E-state index is 4.99. The molecule has 0 aromatic rings. The van der Waals surface area contributed by atoms with E-state index in [0.717, 1.165) is 0 Å². The van der Waals surface area contributed by atoms with Gasteiger partial charge in [-0.05, 0) is 0 Å². The van der Waals surface area contributed by atoms with Crippen LogP contribution in [0.15, 0.2) is 12.4 Å². The third-order valence-corrected chi connectivity index (χ3v) is 0.321. The molecule has 6 heteroatoms. The molecule has 56 valence electrons. The Labute approximate surface area is 93.5 Å². The summed E-state index contributed by atoms with van der Waals surface area (Å²) in [5, 5.41) is 2.61. The number of hydrogen-bond acceptors (Lipinski definition) is 2. The van der Waals surface area contributed by atoms with Gasteiger partial charge in [-0.25, -0.2) is 0 Å². The number of nitrogens with two attached hydrogens (primary N) is 1. The quantitative estimate of drug-likeness (QED) is 0.539. The third-order valence-electron chi connectivity index (χ3n) is 0.321. The van der Waals surface area contributed by atoms with Crippen molar-refractivity contribution in [1.29, 1.82) is 0 Å². The standard InChI is InChI=1S/C3H8N2.3HI.V/c1-3(4)5-2;;;;/h5H,1,4H2,2H3;3*1H;/q;;;;+3/p-3. The van der Waals surface area contributed by atoms with Crippen molar-refractivity contribution in [3.8, 4) is 0 Å². The third kappa shape index (κ3) is 39.3. The molecule has 0 radical (unpaired) electrons. The van der Waals surface area contributed by atoms with Gasteiger partial charge in [0.25, 0.3) is 0 Å². The summed E-state index contributed by atoms with van der Waals surface area (Å²) >= 11 is 7.39. The van der Waals surface area contributed by atoms with Gasteiger partial charge in [-0.15, -0.1) is 0 Å². The number of rotatable bonds is 1. The van der Waals surface area contributed by atoms with Gasteiger partial charge >= 0.3 is 64.9 Å². The Kier molecular flexibility index (Phi) is 15.4. The molecule has 0 fully saturated rings. The van der Waals surface area contributed by atoms with Gasteiger partial charge in [0.1, 0.15) is 0 Å². The van der Waals surface area contributed by atoms with Crippen LogP contribution in [0.2, 0.25) is 0 Å². The molecule has 0 spiro atoms. The molecule has 0 saturated heterocycles. The summed E-state index contributed by atoms with van der Waals surface area (Å²) in [4.78, 5) is -0.278. The van der Waals surface area contributed by atoms with E-state index >= 15 is 0 Å². The van der Waals surface area contributed by atoms with Crippen LogP contribution in [-0.2, 0) is 4.92 Å². The predicted molar refractivity (Wildman–Crippen MR) is 64.4 cm³/mol. The Balaban J connectivity index is 0. The van der Waals surface area contributed by atoms with E-state index in [0.29, 0.717) is 5.82 Å². The van der Waals surface area contributed by atoms with Crippen LogP contribution in [-0.4, -0.2) is 7.05 Å². The molecular formula is C3H8I3N2V. The van der Waals surface area contributed by atoms with Crippen molar-refractivity contribution < 1.29 is 4.92 Å². The van der Waals surface area contributed by atoms with E-state index in [4.69, 9.17) is 5.73 Å². The summed E-state index contributed by atoms with van der Waals surface area (Å²) in [6, 6.07) is 0. The molecule has 0 aliphatic carbocycles. The number of halogens is 3. The van der Waals surface area contributed by atoms with Crippen molar-refractivity contribution in [3.05, 3.63) is 12.4 Å². The van der Waals surface area contributed by atoms with Gasteiger partial charge < -0.3 is 11.1 Å². The molecule has 0 atom stereocenters. The molecule has 9 heavy (non-hydrogen) atoms. The van der Waals surface area contributed by atoms with Gasteiger partial charge in [-0.2, -0.15) is 0 Å². The van der Waals surface area contributed by atoms with E-state index in [1.165, 1.54) is 0 Å². The molecule has 0 bridgehead atoms. The predicted octanol–water partition coefficient (Wildman–Crippen LogP) is 2.29. The van der Waals surface area contributed by atoms with Crippen LogP contribution < -0.4 is 11.1 Å². The summed E-state index contributed by atoms with van der Waals surface area (Å²) in [7, 11) is 1.72. The van der Waals surface area contributed by atoms with Crippen LogP contribution in [0, 0.1) is 0 Å². The summed E-state index contributed by atoms with van der Waals surface area (Å²) < 4.78 is 0. The summed E-state index contributed by atoms with van der Waals surface area (Å²) in [6.45, 7) is 3.34. The molecule has 0 aliphatic heterocycles. The van der Waals surface area contributed by atoms with Crippen LogP contribution in [0.4, 0.5) is 0 Å².